The zero-order chi connectivity index (χ0) is 20.0. The number of carboxylic acid groups (broad SMARTS) is 1. The van der Waals surface area contributed by atoms with Gasteiger partial charge in [-0.25, -0.2) is 4.79 Å². The Labute approximate surface area is 166 Å². The van der Waals surface area contributed by atoms with Crippen LogP contribution in [-0.4, -0.2) is 28.0 Å². The first-order valence-corrected chi connectivity index (χ1v) is 10.1. The molecule has 1 aromatic rings. The molecule has 0 radical (unpaired) electrons. The number of ether oxygens (including phenoxy) is 1. The van der Waals surface area contributed by atoms with Crippen molar-refractivity contribution in [2.45, 2.75) is 71.8 Å². The minimum atomic E-state index is -1.05. The monoisotopic (exact) mass is 391 g/mol. The number of benzene rings is 1. The van der Waals surface area contributed by atoms with Gasteiger partial charge in [-0.15, -0.1) is 0 Å². The summed E-state index contributed by atoms with van der Waals surface area (Å²) in [5.41, 5.74) is 0.176. The van der Waals surface area contributed by atoms with E-state index in [1.165, 1.54) is 44.2 Å². The van der Waals surface area contributed by atoms with Crippen LogP contribution in [0.4, 0.5) is 5.69 Å². The van der Waals surface area contributed by atoms with Crippen LogP contribution in [0.1, 0.15) is 76.1 Å². The van der Waals surface area contributed by atoms with Gasteiger partial charge in [-0.05, 0) is 24.6 Å². The molecule has 1 amide bonds. The number of amides is 1. The van der Waals surface area contributed by atoms with Crippen LogP contribution in [0.2, 0.25) is 0 Å². The largest absolute Gasteiger partial charge is 0.478 e. The number of carbonyl (C=O) groups is 2. The number of thiocarbonyl (C=S) groups is 1. The quantitative estimate of drug-likeness (QED) is 0.422. The van der Waals surface area contributed by atoms with E-state index in [9.17, 15) is 9.59 Å². The fourth-order valence-electron chi connectivity index (χ4n) is 3.24. The molecule has 27 heavy (non-hydrogen) atoms. The highest BCUT2D eigenvalue weighted by atomic mass is 32.1. The van der Waals surface area contributed by atoms with Gasteiger partial charge in [-0.2, -0.15) is 0 Å². The van der Waals surface area contributed by atoms with Crippen molar-refractivity contribution < 1.29 is 19.4 Å². The minimum Gasteiger partial charge on any atom is -0.478 e. The lowest BCUT2D eigenvalue weighted by Crippen LogP contribution is -2.47. The summed E-state index contributed by atoms with van der Waals surface area (Å²) in [6.07, 6.45) is 7.34. The first-order valence-electron chi connectivity index (χ1n) is 9.65. The van der Waals surface area contributed by atoms with Gasteiger partial charge in [0.1, 0.15) is 5.75 Å². The van der Waals surface area contributed by atoms with Crippen LogP contribution in [0.5, 0.6) is 5.75 Å². The molecule has 2 N–H and O–H groups in total. The molecular formula is C21H29NO4S. The molecule has 1 atom stereocenters. The molecule has 0 spiro atoms. The molecule has 1 aliphatic rings. The fraction of sp³-hybridized carbons (Fsp3) is 0.571. The Bertz CT molecular complexity index is 714. The number of unbranched alkanes of at least 4 members (excludes halogenated alkanes) is 5. The highest BCUT2D eigenvalue weighted by Crippen LogP contribution is 2.35. The number of hydrogen-bond donors (Lipinski definition) is 2. The van der Waals surface area contributed by atoms with Crippen LogP contribution in [-0.2, 0) is 4.79 Å². The van der Waals surface area contributed by atoms with E-state index in [0.29, 0.717) is 16.3 Å². The van der Waals surface area contributed by atoms with E-state index in [1.54, 1.807) is 6.07 Å². The van der Waals surface area contributed by atoms with E-state index in [1.807, 2.05) is 0 Å². The maximum atomic E-state index is 12.5. The van der Waals surface area contributed by atoms with E-state index in [-0.39, 0.29) is 16.9 Å². The summed E-state index contributed by atoms with van der Waals surface area (Å²) in [6.45, 7) is 6.32. The van der Waals surface area contributed by atoms with Crippen molar-refractivity contribution in [1.82, 2.24) is 0 Å². The number of hydrogen-bond acceptors (Lipinski definition) is 4. The van der Waals surface area contributed by atoms with Gasteiger partial charge in [0.2, 0.25) is 6.10 Å². The predicted molar refractivity (Wildman–Crippen MR) is 111 cm³/mol. The van der Waals surface area contributed by atoms with Gasteiger partial charge in [-0.1, -0.05) is 71.5 Å². The smallest absolute Gasteiger partial charge is 0.335 e. The molecule has 2 rings (SSSR count). The molecule has 0 aromatic heterocycles. The van der Waals surface area contributed by atoms with Gasteiger partial charge in [0.15, 0.2) is 0 Å². The second kappa shape index (κ2) is 9.31. The molecule has 1 heterocycles. The SMILES string of the molecule is CCCCCCCCC(C)(C)C(=S)C1Oc2ccc(C(=O)O)cc2NC1=O. The standard InChI is InChI=1S/C21H29NO4S/c1-4-5-6-7-8-9-12-21(2,3)18(27)17-19(23)22-15-13-14(20(24)25)10-11-16(15)26-17/h10-11,13,17H,4-9,12H2,1-3H3,(H,22,23)(H,24,25). The van der Waals surface area contributed by atoms with Gasteiger partial charge in [0.05, 0.1) is 11.3 Å². The summed E-state index contributed by atoms with van der Waals surface area (Å²) in [5.74, 6) is -0.946. The summed E-state index contributed by atoms with van der Waals surface area (Å²) in [7, 11) is 0. The Morgan fingerprint density at radius 2 is 1.89 bits per heavy atom. The Kier molecular flexibility index (Phi) is 7.36. The van der Waals surface area contributed by atoms with Crippen LogP contribution in [0.3, 0.4) is 0 Å². The summed E-state index contributed by atoms with van der Waals surface area (Å²) in [6, 6.07) is 4.42. The number of aromatic carboxylic acids is 1. The van der Waals surface area contributed by atoms with Crippen molar-refractivity contribution in [3.63, 3.8) is 0 Å². The van der Waals surface area contributed by atoms with Crippen molar-refractivity contribution in [1.29, 1.82) is 0 Å². The van der Waals surface area contributed by atoms with E-state index in [0.717, 1.165) is 12.8 Å². The molecule has 1 unspecified atom stereocenters. The van der Waals surface area contributed by atoms with Gasteiger partial charge in [0, 0.05) is 10.3 Å². The fourth-order valence-corrected chi connectivity index (χ4v) is 3.50. The molecule has 0 bridgehead atoms. The third-order valence-electron chi connectivity index (χ3n) is 5.03. The van der Waals surface area contributed by atoms with Crippen LogP contribution >= 0.6 is 12.2 Å². The topological polar surface area (TPSA) is 75.6 Å². The zero-order valence-corrected chi connectivity index (χ0v) is 17.2. The third-order valence-corrected chi connectivity index (χ3v) is 5.79. The Balaban J connectivity index is 1.99. The Morgan fingerprint density at radius 1 is 1.22 bits per heavy atom. The third kappa shape index (κ3) is 5.51. The highest BCUT2D eigenvalue weighted by Gasteiger charge is 2.38. The molecule has 1 aliphatic heterocycles. The summed E-state index contributed by atoms with van der Waals surface area (Å²) >= 11 is 5.62. The molecule has 148 valence electrons. The lowest BCUT2D eigenvalue weighted by molar-refractivity contribution is -0.121. The number of fused-ring (bicyclic) bond motifs is 1. The van der Waals surface area contributed by atoms with Gasteiger partial charge in [-0.3, -0.25) is 4.79 Å². The first-order chi connectivity index (χ1) is 12.8. The molecule has 5 nitrogen and oxygen atoms in total. The predicted octanol–water partition coefficient (Wildman–Crippen LogP) is 5.23. The molecule has 0 aliphatic carbocycles. The van der Waals surface area contributed by atoms with E-state index < -0.39 is 12.1 Å². The number of nitrogens with one attached hydrogen (secondary N) is 1. The van der Waals surface area contributed by atoms with Gasteiger partial charge >= 0.3 is 5.97 Å². The lowest BCUT2D eigenvalue weighted by atomic mass is 9.80. The first kappa shape index (κ1) is 21.4. The average Bonchev–Trinajstić information content (AvgIpc) is 2.62. The van der Waals surface area contributed by atoms with Gasteiger partial charge < -0.3 is 15.2 Å². The summed E-state index contributed by atoms with van der Waals surface area (Å²) in [4.78, 5) is 24.2. The molecule has 0 saturated carbocycles. The normalized spacial score (nSPS) is 16.3. The summed E-state index contributed by atoms with van der Waals surface area (Å²) < 4.78 is 5.84. The number of anilines is 1. The van der Waals surface area contributed by atoms with Crippen molar-refractivity contribution in [3.8, 4) is 5.75 Å². The maximum Gasteiger partial charge on any atom is 0.335 e. The van der Waals surface area contributed by atoms with E-state index in [4.69, 9.17) is 22.1 Å². The molecule has 0 saturated heterocycles. The van der Waals surface area contributed by atoms with Gasteiger partial charge in [0.25, 0.3) is 5.91 Å². The van der Waals surface area contributed by atoms with E-state index >= 15 is 0 Å². The van der Waals surface area contributed by atoms with Crippen LogP contribution in [0.25, 0.3) is 0 Å². The van der Waals surface area contributed by atoms with Crippen molar-refractivity contribution in [2.24, 2.45) is 5.41 Å². The minimum absolute atomic E-state index is 0.0991. The molecular weight excluding hydrogens is 362 g/mol. The summed E-state index contributed by atoms with van der Waals surface area (Å²) in [5, 5.41) is 11.8. The lowest BCUT2D eigenvalue weighted by Gasteiger charge is -2.33. The van der Waals surface area contributed by atoms with Crippen molar-refractivity contribution >= 4 is 34.6 Å². The highest BCUT2D eigenvalue weighted by molar-refractivity contribution is 7.80. The van der Waals surface area contributed by atoms with Crippen molar-refractivity contribution in [3.05, 3.63) is 23.8 Å². The maximum absolute atomic E-state index is 12.5. The molecule has 1 aromatic carbocycles. The van der Waals surface area contributed by atoms with E-state index in [2.05, 4.69) is 26.1 Å². The Hall–Kier alpha value is -1.95. The zero-order valence-electron chi connectivity index (χ0n) is 16.3. The van der Waals surface area contributed by atoms with Crippen LogP contribution in [0, 0.1) is 5.41 Å². The molecule has 6 heteroatoms. The second-order valence-corrected chi connectivity index (χ2v) is 8.21. The van der Waals surface area contributed by atoms with Crippen LogP contribution in [0.15, 0.2) is 18.2 Å². The number of rotatable bonds is 10. The second-order valence-electron chi connectivity index (χ2n) is 7.77. The Morgan fingerprint density at radius 3 is 2.56 bits per heavy atom. The number of carbonyl (C=O) groups excluding carboxylic acids is 1. The van der Waals surface area contributed by atoms with Crippen LogP contribution < -0.4 is 10.1 Å². The van der Waals surface area contributed by atoms with Crippen molar-refractivity contribution in [2.75, 3.05) is 5.32 Å². The number of carboxylic acids is 1. The average molecular weight is 392 g/mol. The molecule has 0 fully saturated rings.